The summed E-state index contributed by atoms with van der Waals surface area (Å²) in [6.45, 7) is 5.67. The second-order valence-corrected chi connectivity index (χ2v) is 4.40. The van der Waals surface area contributed by atoms with Gasteiger partial charge in [0.15, 0.2) is 0 Å². The van der Waals surface area contributed by atoms with Gasteiger partial charge < -0.3 is 5.32 Å². The van der Waals surface area contributed by atoms with E-state index < -0.39 is 0 Å². The topological polar surface area (TPSA) is 12.0 Å². The molecule has 1 rings (SSSR count). The van der Waals surface area contributed by atoms with Crippen molar-refractivity contribution < 1.29 is 0 Å². The van der Waals surface area contributed by atoms with Crippen LogP contribution in [0.5, 0.6) is 0 Å². The lowest BCUT2D eigenvalue weighted by atomic mass is 9.87. The zero-order chi connectivity index (χ0) is 8.81. The smallest absolute Gasteiger partial charge is 0.00103 e. The highest BCUT2D eigenvalue weighted by Gasteiger charge is 2.12. The van der Waals surface area contributed by atoms with Gasteiger partial charge in [-0.2, -0.15) is 0 Å². The minimum absolute atomic E-state index is 0.661. The molecule has 0 aromatic rings. The lowest BCUT2D eigenvalue weighted by Crippen LogP contribution is -2.25. The van der Waals surface area contributed by atoms with Crippen molar-refractivity contribution in [2.24, 2.45) is 5.92 Å². The van der Waals surface area contributed by atoms with E-state index in [2.05, 4.69) is 19.2 Å². The fourth-order valence-corrected chi connectivity index (χ4v) is 2.05. The Morgan fingerprint density at radius 3 is 2.42 bits per heavy atom. The summed E-state index contributed by atoms with van der Waals surface area (Å²) in [4.78, 5) is 0. The van der Waals surface area contributed by atoms with Crippen LogP contribution in [0.25, 0.3) is 0 Å². The van der Waals surface area contributed by atoms with Crippen LogP contribution < -0.4 is 5.32 Å². The molecule has 0 spiro atoms. The Hall–Kier alpha value is -0.0400. The van der Waals surface area contributed by atoms with Crippen molar-refractivity contribution in [1.82, 2.24) is 5.32 Å². The van der Waals surface area contributed by atoms with E-state index in [4.69, 9.17) is 0 Å². The van der Waals surface area contributed by atoms with E-state index in [-0.39, 0.29) is 0 Å². The van der Waals surface area contributed by atoms with E-state index in [0.717, 1.165) is 5.92 Å². The Labute approximate surface area is 76.9 Å². The Morgan fingerprint density at radius 1 is 1.17 bits per heavy atom. The highest BCUT2D eigenvalue weighted by molar-refractivity contribution is 4.67. The Balaban J connectivity index is 1.98. The third-order valence-corrected chi connectivity index (χ3v) is 2.83. The number of hydrogen-bond donors (Lipinski definition) is 1. The van der Waals surface area contributed by atoms with Gasteiger partial charge in [-0.15, -0.1) is 0 Å². The van der Waals surface area contributed by atoms with Gasteiger partial charge in [0, 0.05) is 6.04 Å². The van der Waals surface area contributed by atoms with Crippen molar-refractivity contribution in [3.8, 4) is 0 Å². The van der Waals surface area contributed by atoms with Crippen LogP contribution in [0.2, 0.25) is 0 Å². The van der Waals surface area contributed by atoms with Crippen LogP contribution in [0, 0.1) is 5.92 Å². The van der Waals surface area contributed by atoms with Crippen LogP contribution >= 0.6 is 0 Å². The van der Waals surface area contributed by atoms with Gasteiger partial charge in [-0.1, -0.05) is 46.0 Å². The Kier molecular flexibility index (Phi) is 4.67. The molecule has 1 aliphatic rings. The van der Waals surface area contributed by atoms with Gasteiger partial charge >= 0.3 is 0 Å². The van der Waals surface area contributed by atoms with Crippen LogP contribution in [0.15, 0.2) is 0 Å². The van der Waals surface area contributed by atoms with Gasteiger partial charge in [-0.3, -0.25) is 0 Å². The second-order valence-electron chi connectivity index (χ2n) is 4.40. The normalized spacial score (nSPS) is 20.2. The summed E-state index contributed by atoms with van der Waals surface area (Å²) in [7, 11) is 0. The molecular weight excluding hydrogens is 146 g/mol. The van der Waals surface area contributed by atoms with Gasteiger partial charge in [-0.25, -0.2) is 0 Å². The van der Waals surface area contributed by atoms with Crippen molar-refractivity contribution in [3.63, 3.8) is 0 Å². The minimum atomic E-state index is 0.661. The van der Waals surface area contributed by atoms with Gasteiger partial charge in [0.25, 0.3) is 0 Å². The van der Waals surface area contributed by atoms with Gasteiger partial charge in [-0.05, 0) is 18.9 Å². The molecule has 0 bridgehead atoms. The first-order chi connectivity index (χ1) is 5.79. The molecule has 1 aliphatic carbocycles. The van der Waals surface area contributed by atoms with E-state index in [1.54, 1.807) is 0 Å². The van der Waals surface area contributed by atoms with Crippen LogP contribution in [0.1, 0.15) is 52.4 Å². The van der Waals surface area contributed by atoms with E-state index >= 15 is 0 Å². The summed E-state index contributed by atoms with van der Waals surface area (Å²) >= 11 is 0. The maximum atomic E-state index is 3.49. The maximum absolute atomic E-state index is 3.49. The molecule has 0 heterocycles. The lowest BCUT2D eigenvalue weighted by molar-refractivity contribution is 0.330. The summed E-state index contributed by atoms with van der Waals surface area (Å²) in [5.74, 6) is 1.03. The predicted molar refractivity (Wildman–Crippen MR) is 54.3 cm³/mol. The quantitative estimate of drug-likeness (QED) is 0.682. The number of rotatable bonds is 4. The standard InChI is InChI=1S/C11H23N/c1-10(2)12-9-8-11-6-4-3-5-7-11/h10-12H,3-9H2,1-2H3. The molecule has 12 heavy (non-hydrogen) atoms. The van der Waals surface area contributed by atoms with E-state index in [0.29, 0.717) is 6.04 Å². The largest absolute Gasteiger partial charge is 0.315 e. The van der Waals surface area contributed by atoms with E-state index in [1.807, 2.05) is 0 Å². The van der Waals surface area contributed by atoms with Gasteiger partial charge in [0.2, 0.25) is 0 Å². The summed E-state index contributed by atoms with van der Waals surface area (Å²) in [5.41, 5.74) is 0. The Morgan fingerprint density at radius 2 is 1.83 bits per heavy atom. The van der Waals surface area contributed by atoms with Crippen molar-refractivity contribution in [1.29, 1.82) is 0 Å². The van der Waals surface area contributed by atoms with E-state index in [1.165, 1.54) is 45.1 Å². The van der Waals surface area contributed by atoms with Gasteiger partial charge in [0.05, 0.1) is 0 Å². The van der Waals surface area contributed by atoms with Crippen molar-refractivity contribution in [2.45, 2.75) is 58.4 Å². The minimum Gasteiger partial charge on any atom is -0.315 e. The second kappa shape index (κ2) is 5.58. The first-order valence-electron chi connectivity index (χ1n) is 5.52. The molecule has 0 saturated heterocycles. The monoisotopic (exact) mass is 169 g/mol. The maximum Gasteiger partial charge on any atom is 0.00103 e. The van der Waals surface area contributed by atoms with Crippen LogP contribution in [-0.4, -0.2) is 12.6 Å². The molecule has 0 atom stereocenters. The fourth-order valence-electron chi connectivity index (χ4n) is 2.05. The average Bonchev–Trinajstić information content (AvgIpc) is 2.05. The average molecular weight is 169 g/mol. The first kappa shape index (κ1) is 10.0. The molecule has 0 radical (unpaired) electrons. The molecule has 0 unspecified atom stereocenters. The molecule has 72 valence electrons. The van der Waals surface area contributed by atoms with Crippen molar-refractivity contribution >= 4 is 0 Å². The molecule has 0 aromatic carbocycles. The van der Waals surface area contributed by atoms with Crippen molar-refractivity contribution in [3.05, 3.63) is 0 Å². The summed E-state index contributed by atoms with van der Waals surface area (Å²) in [5, 5.41) is 3.49. The molecule has 0 aromatic heterocycles. The van der Waals surface area contributed by atoms with Crippen LogP contribution in [-0.2, 0) is 0 Å². The predicted octanol–water partition coefficient (Wildman–Crippen LogP) is 2.95. The third-order valence-electron chi connectivity index (χ3n) is 2.83. The summed E-state index contributed by atoms with van der Waals surface area (Å²) in [6.07, 6.45) is 8.81. The zero-order valence-corrected chi connectivity index (χ0v) is 8.60. The number of hydrogen-bond acceptors (Lipinski definition) is 1. The highest BCUT2D eigenvalue weighted by atomic mass is 14.9. The molecule has 1 N–H and O–H groups in total. The van der Waals surface area contributed by atoms with Crippen LogP contribution in [0.3, 0.4) is 0 Å². The third kappa shape index (κ3) is 4.10. The lowest BCUT2D eigenvalue weighted by Gasteiger charge is -2.21. The first-order valence-corrected chi connectivity index (χ1v) is 5.52. The highest BCUT2D eigenvalue weighted by Crippen LogP contribution is 2.25. The molecular formula is C11H23N. The molecule has 1 fully saturated rings. The van der Waals surface area contributed by atoms with Crippen LogP contribution in [0.4, 0.5) is 0 Å². The summed E-state index contributed by atoms with van der Waals surface area (Å²) in [6, 6.07) is 0.661. The molecule has 0 amide bonds. The molecule has 1 heteroatoms. The molecule has 1 saturated carbocycles. The molecule has 1 nitrogen and oxygen atoms in total. The number of nitrogens with one attached hydrogen (secondary N) is 1. The van der Waals surface area contributed by atoms with Gasteiger partial charge in [0.1, 0.15) is 0 Å². The SMILES string of the molecule is CC(C)NCCC1CCCCC1. The van der Waals surface area contributed by atoms with E-state index in [9.17, 15) is 0 Å². The Bertz CT molecular complexity index is 104. The summed E-state index contributed by atoms with van der Waals surface area (Å²) < 4.78 is 0. The van der Waals surface area contributed by atoms with Crippen molar-refractivity contribution in [2.75, 3.05) is 6.54 Å². The zero-order valence-electron chi connectivity index (χ0n) is 8.60. The fraction of sp³-hybridized carbons (Fsp3) is 1.00. The molecule has 0 aliphatic heterocycles.